The van der Waals surface area contributed by atoms with Gasteiger partial charge in [0, 0.05) is 0 Å². The molecule has 126 valence electrons. The summed E-state index contributed by atoms with van der Waals surface area (Å²) in [6, 6.07) is 17.6. The van der Waals surface area contributed by atoms with Crippen LogP contribution in [-0.4, -0.2) is 26.1 Å². The lowest BCUT2D eigenvalue weighted by atomic mass is 9.95. The smallest absolute Gasteiger partial charge is 0.289 e. The van der Waals surface area contributed by atoms with Crippen molar-refractivity contribution < 1.29 is 15.0 Å². The lowest BCUT2D eigenvalue weighted by molar-refractivity contribution is 0.0821. The van der Waals surface area contributed by atoms with Crippen molar-refractivity contribution >= 4 is 5.91 Å². The zero-order valence-corrected chi connectivity index (χ0v) is 13.3. The number of aliphatic hydroxyl groups is 1. The molecule has 25 heavy (non-hydrogen) atoms. The number of aromatic hydroxyl groups is 1. The van der Waals surface area contributed by atoms with Crippen molar-refractivity contribution in [3.05, 3.63) is 90.0 Å². The van der Waals surface area contributed by atoms with Gasteiger partial charge in [0.15, 0.2) is 5.75 Å². The van der Waals surface area contributed by atoms with Gasteiger partial charge in [-0.2, -0.15) is 0 Å². The number of nitrogens with one attached hydrogen (secondary N) is 1. The molecule has 0 saturated heterocycles. The highest BCUT2D eigenvalue weighted by molar-refractivity contribution is 5.90. The van der Waals surface area contributed by atoms with Crippen LogP contribution in [0.25, 0.3) is 0 Å². The van der Waals surface area contributed by atoms with Gasteiger partial charge in [-0.3, -0.25) is 4.79 Å². The second-order valence-electron chi connectivity index (χ2n) is 5.48. The minimum Gasteiger partial charge on any atom is -0.505 e. The molecular weight excluding hydrogens is 318 g/mol. The normalized spacial score (nSPS) is 13.0. The van der Waals surface area contributed by atoms with Crippen molar-refractivity contribution in [2.45, 2.75) is 12.1 Å². The molecule has 3 aromatic rings. The summed E-state index contributed by atoms with van der Waals surface area (Å²) >= 11 is 0. The van der Waals surface area contributed by atoms with Crippen molar-refractivity contribution in [2.75, 3.05) is 0 Å². The summed E-state index contributed by atoms with van der Waals surface area (Å²) in [5.41, 5.74) is 1.44. The Morgan fingerprint density at radius 2 is 1.40 bits per heavy atom. The Balaban J connectivity index is 1.89. The molecule has 2 atom stereocenters. The van der Waals surface area contributed by atoms with Crippen LogP contribution in [0.3, 0.4) is 0 Å². The number of carbonyl (C=O) groups excluding carboxylic acids is 1. The SMILES string of the molecule is O=C(N[C@@H](c1ccccc1)[C@H](O)c1ccccc1)c1ncc(O)cn1. The lowest BCUT2D eigenvalue weighted by Crippen LogP contribution is -2.33. The Kier molecular flexibility index (Phi) is 5.01. The summed E-state index contributed by atoms with van der Waals surface area (Å²) < 4.78 is 0. The van der Waals surface area contributed by atoms with E-state index in [-0.39, 0.29) is 11.6 Å². The highest BCUT2D eigenvalue weighted by Crippen LogP contribution is 2.28. The molecule has 1 aromatic heterocycles. The van der Waals surface area contributed by atoms with Crippen molar-refractivity contribution in [2.24, 2.45) is 0 Å². The van der Waals surface area contributed by atoms with Gasteiger partial charge >= 0.3 is 0 Å². The Labute approximate surface area is 144 Å². The standard InChI is InChI=1S/C19H17N3O3/c23-15-11-20-18(21-12-15)19(25)22-16(13-7-3-1-4-8-13)17(24)14-9-5-2-6-10-14/h1-12,16-17,23-24H,(H,22,25)/t16-,17+/m0/s1. The molecule has 0 radical (unpaired) electrons. The molecule has 1 amide bonds. The molecule has 3 rings (SSSR count). The first-order valence-corrected chi connectivity index (χ1v) is 7.75. The fourth-order valence-corrected chi connectivity index (χ4v) is 2.49. The number of rotatable bonds is 5. The van der Waals surface area contributed by atoms with Crippen LogP contribution in [0.1, 0.15) is 33.9 Å². The Hall–Kier alpha value is -3.25. The second kappa shape index (κ2) is 7.55. The first-order chi connectivity index (χ1) is 12.1. The Bertz CT molecular complexity index is 824. The van der Waals surface area contributed by atoms with Crippen LogP contribution in [0.15, 0.2) is 73.1 Å². The van der Waals surface area contributed by atoms with E-state index in [9.17, 15) is 15.0 Å². The average molecular weight is 335 g/mol. The van der Waals surface area contributed by atoms with E-state index in [1.807, 2.05) is 48.5 Å². The largest absolute Gasteiger partial charge is 0.505 e. The van der Waals surface area contributed by atoms with E-state index in [0.29, 0.717) is 5.56 Å². The van der Waals surface area contributed by atoms with Crippen LogP contribution < -0.4 is 5.32 Å². The summed E-state index contributed by atoms with van der Waals surface area (Å²) in [5, 5.41) is 22.8. The second-order valence-corrected chi connectivity index (χ2v) is 5.48. The fraction of sp³-hybridized carbons (Fsp3) is 0.105. The van der Waals surface area contributed by atoms with E-state index in [1.165, 1.54) is 0 Å². The highest BCUT2D eigenvalue weighted by Gasteiger charge is 2.25. The topological polar surface area (TPSA) is 95.3 Å². The molecule has 6 heteroatoms. The van der Waals surface area contributed by atoms with Crippen LogP contribution in [0.4, 0.5) is 0 Å². The van der Waals surface area contributed by atoms with Crippen LogP contribution in [0, 0.1) is 0 Å². The lowest BCUT2D eigenvalue weighted by Gasteiger charge is -2.24. The number of carbonyl (C=O) groups is 1. The number of aromatic nitrogens is 2. The number of nitrogens with zero attached hydrogens (tertiary/aromatic N) is 2. The quantitative estimate of drug-likeness (QED) is 0.665. The van der Waals surface area contributed by atoms with Crippen molar-refractivity contribution in [3.8, 4) is 5.75 Å². The molecule has 0 bridgehead atoms. The average Bonchev–Trinajstić information content (AvgIpc) is 2.67. The van der Waals surface area contributed by atoms with E-state index in [4.69, 9.17) is 0 Å². The number of amides is 1. The van der Waals surface area contributed by atoms with Gasteiger partial charge in [-0.25, -0.2) is 9.97 Å². The van der Waals surface area contributed by atoms with Gasteiger partial charge in [-0.1, -0.05) is 60.7 Å². The maximum Gasteiger partial charge on any atom is 0.289 e. The third kappa shape index (κ3) is 3.99. The molecule has 3 N–H and O–H groups in total. The Morgan fingerprint density at radius 3 is 1.96 bits per heavy atom. The number of hydrogen-bond acceptors (Lipinski definition) is 5. The molecular formula is C19H17N3O3. The molecule has 1 heterocycles. The predicted octanol–water partition coefficient (Wildman–Crippen LogP) is 2.39. The summed E-state index contributed by atoms with van der Waals surface area (Å²) in [7, 11) is 0. The van der Waals surface area contributed by atoms with Gasteiger partial charge in [0.1, 0.15) is 6.10 Å². The first kappa shape index (κ1) is 16.6. The third-order valence-corrected chi connectivity index (χ3v) is 3.74. The molecule has 0 fully saturated rings. The van der Waals surface area contributed by atoms with Crippen LogP contribution >= 0.6 is 0 Å². The van der Waals surface area contributed by atoms with E-state index < -0.39 is 18.1 Å². The molecule has 0 spiro atoms. The van der Waals surface area contributed by atoms with Crippen molar-refractivity contribution in [3.63, 3.8) is 0 Å². The monoisotopic (exact) mass is 335 g/mol. The van der Waals surface area contributed by atoms with Gasteiger partial charge in [0.05, 0.1) is 18.4 Å². The van der Waals surface area contributed by atoms with E-state index in [1.54, 1.807) is 12.1 Å². The molecule has 0 saturated carbocycles. The molecule has 0 aliphatic heterocycles. The van der Waals surface area contributed by atoms with Gasteiger partial charge < -0.3 is 15.5 Å². The number of benzene rings is 2. The van der Waals surface area contributed by atoms with Crippen LogP contribution in [-0.2, 0) is 0 Å². The Morgan fingerprint density at radius 1 is 0.880 bits per heavy atom. The molecule has 6 nitrogen and oxygen atoms in total. The van der Waals surface area contributed by atoms with Crippen LogP contribution in [0.2, 0.25) is 0 Å². The van der Waals surface area contributed by atoms with Crippen LogP contribution in [0.5, 0.6) is 5.75 Å². The van der Waals surface area contributed by atoms with E-state index in [0.717, 1.165) is 18.0 Å². The minimum absolute atomic E-state index is 0.0843. The molecule has 2 aromatic carbocycles. The summed E-state index contributed by atoms with van der Waals surface area (Å²) in [6.07, 6.45) is 1.35. The van der Waals surface area contributed by atoms with E-state index in [2.05, 4.69) is 15.3 Å². The maximum atomic E-state index is 12.4. The molecule has 0 aliphatic carbocycles. The number of hydrogen-bond donors (Lipinski definition) is 3. The predicted molar refractivity (Wildman–Crippen MR) is 91.7 cm³/mol. The summed E-state index contributed by atoms with van der Waals surface area (Å²) in [5.74, 6) is -0.747. The number of aliphatic hydroxyl groups excluding tert-OH is 1. The van der Waals surface area contributed by atoms with Gasteiger partial charge in [-0.05, 0) is 11.1 Å². The van der Waals surface area contributed by atoms with E-state index >= 15 is 0 Å². The van der Waals surface area contributed by atoms with Gasteiger partial charge in [0.2, 0.25) is 5.82 Å². The molecule has 0 unspecified atom stereocenters. The highest BCUT2D eigenvalue weighted by atomic mass is 16.3. The maximum absolute atomic E-state index is 12.4. The third-order valence-electron chi connectivity index (χ3n) is 3.74. The van der Waals surface area contributed by atoms with Gasteiger partial charge in [0.25, 0.3) is 5.91 Å². The molecule has 0 aliphatic rings. The summed E-state index contributed by atoms with van der Waals surface area (Å²) in [6.45, 7) is 0. The fourth-order valence-electron chi connectivity index (χ4n) is 2.49. The summed E-state index contributed by atoms with van der Waals surface area (Å²) in [4.78, 5) is 20.1. The first-order valence-electron chi connectivity index (χ1n) is 7.75. The zero-order chi connectivity index (χ0) is 17.6. The van der Waals surface area contributed by atoms with Gasteiger partial charge in [-0.15, -0.1) is 0 Å². The minimum atomic E-state index is -0.940. The van der Waals surface area contributed by atoms with Crippen molar-refractivity contribution in [1.29, 1.82) is 0 Å². The zero-order valence-electron chi connectivity index (χ0n) is 13.3. The van der Waals surface area contributed by atoms with Crippen molar-refractivity contribution in [1.82, 2.24) is 15.3 Å².